The SMILES string of the molecule is CNS(=O)(=O)c1ccccc1-c1ccc2nc(/C=C/c3ccc(Cl)cc3F)[nH]c2c1.CNS(=O)(=O)c1ccccc1-c1ccc2nc(/C=C/c3ccc(Cl)cc3S(C)(=O)=O)[nH]c2c1.CNS(=O)(=O)c1ccccc1-c1ccc2nc(/C=C/c3cccc(Br)c3)[nH]c2c1. The fraction of sp³-hybridized carbons (Fsp3) is 0.0597. The zero-order valence-corrected chi connectivity index (χ0v) is 55.5. The first-order valence-corrected chi connectivity index (χ1v) is 35.6. The molecule has 0 atom stereocenters. The van der Waals surface area contributed by atoms with E-state index in [1.54, 1.807) is 121 Å². The molecule has 3 heterocycles. The molecule has 0 radical (unpaired) electrons. The lowest BCUT2D eigenvalue weighted by Crippen LogP contribution is -2.19. The number of fused-ring (bicyclic) bond motifs is 3. The van der Waals surface area contributed by atoms with Gasteiger partial charge in [0.15, 0.2) is 9.84 Å². The molecule has 0 bridgehead atoms. The van der Waals surface area contributed by atoms with Gasteiger partial charge in [-0.05, 0) is 170 Å². The van der Waals surface area contributed by atoms with Crippen molar-refractivity contribution >= 4 is 149 Å². The molecule has 92 heavy (non-hydrogen) atoms. The number of aromatic amines is 3. The number of sulfone groups is 1. The summed E-state index contributed by atoms with van der Waals surface area (Å²) in [6, 6.07) is 54.2. The van der Waals surface area contributed by atoms with Crippen LogP contribution >= 0.6 is 39.1 Å². The van der Waals surface area contributed by atoms with E-state index in [0.29, 0.717) is 71.6 Å². The van der Waals surface area contributed by atoms with E-state index in [4.69, 9.17) is 23.2 Å². The summed E-state index contributed by atoms with van der Waals surface area (Å²) >= 11 is 15.2. The smallest absolute Gasteiger partial charge is 0.240 e. The monoisotopic (exact) mass is 1410 g/mol. The predicted molar refractivity (Wildman–Crippen MR) is 370 cm³/mol. The van der Waals surface area contributed by atoms with Gasteiger partial charge in [0.25, 0.3) is 0 Å². The van der Waals surface area contributed by atoms with Gasteiger partial charge in [0.05, 0.1) is 52.7 Å². The number of hydrogen-bond donors (Lipinski definition) is 6. The van der Waals surface area contributed by atoms with Gasteiger partial charge in [0.1, 0.15) is 23.3 Å². The molecule has 6 N–H and O–H groups in total. The summed E-state index contributed by atoms with van der Waals surface area (Å²) in [6.45, 7) is 0. The zero-order chi connectivity index (χ0) is 65.5. The summed E-state index contributed by atoms with van der Waals surface area (Å²) < 4.78 is 120. The third-order valence-corrected chi connectivity index (χ3v) is 20.8. The molecule has 0 spiro atoms. The number of sulfonamides is 3. The molecule has 12 aromatic rings. The Hall–Kier alpha value is -8.72. The molecule has 9 aromatic carbocycles. The van der Waals surface area contributed by atoms with Gasteiger partial charge in [-0.3, -0.25) is 0 Å². The standard InChI is InChI=1S/C23H20ClN3O4S2.C22H18BrN3O2S.C22H17ClFN3O2S/c1-25-33(30,31)21-6-4-3-5-18(21)16-8-11-19-20(13-16)27-23(26-19)12-9-15-7-10-17(24)14-22(15)32(2,28)29;1-24-29(27,28)21-8-3-2-7-18(21)16-10-11-19-20(14-16)26-22(25-19)12-9-15-5-4-6-17(23)13-15;1-25-30(28,29)21-5-3-2-4-17(21)15-7-10-19-20(12-15)27-22(26-19)11-8-14-6-9-16(23)13-18(14)24/h3-14,25H,1-2H3,(H,26,27);2-14,24H,1H3,(H,25,26);2-13,25H,1H3,(H,26,27)/b2*12-9+;11-8+. The fourth-order valence-electron chi connectivity index (χ4n) is 9.70. The number of rotatable bonds is 16. The lowest BCUT2D eigenvalue weighted by molar-refractivity contribution is 0.587. The fourth-order valence-corrected chi connectivity index (χ4v) is 14.3. The van der Waals surface area contributed by atoms with Crippen LogP contribution in [0.5, 0.6) is 0 Å². The third-order valence-electron chi connectivity index (χ3n) is 14.2. The van der Waals surface area contributed by atoms with Crippen LogP contribution in [0.15, 0.2) is 212 Å². The zero-order valence-electron chi connectivity index (χ0n) is 49.1. The third kappa shape index (κ3) is 15.6. The highest BCUT2D eigenvalue weighted by atomic mass is 79.9. The van der Waals surface area contributed by atoms with Crippen LogP contribution in [-0.4, -0.2) is 91.0 Å². The molecule has 0 aliphatic rings. The quantitative estimate of drug-likeness (QED) is 0.0530. The van der Waals surface area contributed by atoms with E-state index in [2.05, 4.69) is 60.0 Å². The molecule has 25 heteroatoms. The Kier molecular flexibility index (Phi) is 20.2. The highest BCUT2D eigenvalue weighted by Gasteiger charge is 2.21. The molecule has 17 nitrogen and oxygen atoms in total. The maximum Gasteiger partial charge on any atom is 0.240 e. The minimum absolute atomic E-state index is 0.131. The Morgan fingerprint density at radius 2 is 0.793 bits per heavy atom. The van der Waals surface area contributed by atoms with E-state index in [-0.39, 0.29) is 19.6 Å². The second kappa shape index (κ2) is 28.0. The molecule has 0 aliphatic heterocycles. The summed E-state index contributed by atoms with van der Waals surface area (Å²) in [5.41, 5.74) is 10.5. The lowest BCUT2D eigenvalue weighted by Gasteiger charge is -2.09. The van der Waals surface area contributed by atoms with Crippen LogP contribution < -0.4 is 14.2 Å². The molecule has 12 rings (SSSR count). The van der Waals surface area contributed by atoms with Crippen molar-refractivity contribution in [2.45, 2.75) is 19.6 Å². The normalized spacial score (nSPS) is 12.3. The number of nitrogens with zero attached hydrogens (tertiary/aromatic N) is 3. The van der Waals surface area contributed by atoms with Gasteiger partial charge in [0.2, 0.25) is 30.1 Å². The van der Waals surface area contributed by atoms with Crippen LogP contribution in [0.1, 0.15) is 34.2 Å². The van der Waals surface area contributed by atoms with Crippen LogP contribution in [0, 0.1) is 5.82 Å². The second-order valence-electron chi connectivity index (χ2n) is 20.3. The number of imidazole rings is 3. The molecule has 0 saturated carbocycles. The van der Waals surface area contributed by atoms with Crippen molar-refractivity contribution in [1.82, 2.24) is 44.1 Å². The molecular formula is C67H55BrCl2FN9O8S4. The second-order valence-corrected chi connectivity index (χ2v) is 29.7. The van der Waals surface area contributed by atoms with Crippen molar-refractivity contribution in [1.29, 1.82) is 0 Å². The van der Waals surface area contributed by atoms with Gasteiger partial charge in [-0.15, -0.1) is 0 Å². The van der Waals surface area contributed by atoms with Crippen molar-refractivity contribution in [3.05, 3.63) is 243 Å². The molecule has 0 unspecified atom stereocenters. The highest BCUT2D eigenvalue weighted by molar-refractivity contribution is 9.10. The molecule has 0 fully saturated rings. The number of H-pyrrole nitrogens is 3. The van der Waals surface area contributed by atoms with E-state index < -0.39 is 45.7 Å². The summed E-state index contributed by atoms with van der Waals surface area (Å²) in [6.07, 6.45) is 11.6. The van der Waals surface area contributed by atoms with Gasteiger partial charge < -0.3 is 15.0 Å². The van der Waals surface area contributed by atoms with Gasteiger partial charge in [-0.2, -0.15) is 0 Å². The first-order chi connectivity index (χ1) is 43.9. The van der Waals surface area contributed by atoms with Gasteiger partial charge in [0, 0.05) is 43.0 Å². The van der Waals surface area contributed by atoms with Crippen molar-refractivity contribution in [3.63, 3.8) is 0 Å². The predicted octanol–water partition coefficient (Wildman–Crippen LogP) is 14.5. The van der Waals surface area contributed by atoms with Crippen molar-refractivity contribution in [3.8, 4) is 33.4 Å². The topological polar surface area (TPSA) is 259 Å². The molecule has 3 aromatic heterocycles. The molecule has 0 saturated heterocycles. The summed E-state index contributed by atoms with van der Waals surface area (Å²) in [5.74, 6) is 1.38. The molecule has 0 aliphatic carbocycles. The maximum absolute atomic E-state index is 13.9. The van der Waals surface area contributed by atoms with E-state index in [0.717, 1.165) is 49.8 Å². The Morgan fingerprint density at radius 3 is 1.18 bits per heavy atom. The first-order valence-electron chi connectivity index (χ1n) is 27.7. The molecule has 468 valence electrons. The summed E-state index contributed by atoms with van der Waals surface area (Å²) in [5, 5.41) is 0.672. The first kappa shape index (κ1) is 66.2. The minimum Gasteiger partial charge on any atom is -0.338 e. The van der Waals surface area contributed by atoms with E-state index in [9.17, 15) is 38.1 Å². The minimum atomic E-state index is -3.63. The number of aromatic nitrogens is 6. The van der Waals surface area contributed by atoms with Crippen LogP contribution in [-0.2, 0) is 39.9 Å². The van der Waals surface area contributed by atoms with E-state index in [1.807, 2.05) is 91.0 Å². The lowest BCUT2D eigenvalue weighted by atomic mass is 10.1. The van der Waals surface area contributed by atoms with Gasteiger partial charge in [-0.25, -0.2) is 67.2 Å². The van der Waals surface area contributed by atoms with Gasteiger partial charge in [-0.1, -0.05) is 142 Å². The number of halogens is 4. The molecular weight excluding hydrogens is 1360 g/mol. The summed E-state index contributed by atoms with van der Waals surface area (Å²) in [4.78, 5) is 24.0. The Labute approximate surface area is 549 Å². The number of nitrogens with one attached hydrogen (secondary N) is 6. The highest BCUT2D eigenvalue weighted by Crippen LogP contribution is 2.33. The van der Waals surface area contributed by atoms with E-state index >= 15 is 0 Å². The van der Waals surface area contributed by atoms with Crippen LogP contribution in [0.4, 0.5) is 4.39 Å². The summed E-state index contributed by atoms with van der Waals surface area (Å²) in [7, 11) is -10.1. The van der Waals surface area contributed by atoms with Crippen molar-refractivity contribution < 1.29 is 38.1 Å². The number of benzene rings is 9. The van der Waals surface area contributed by atoms with Crippen LogP contribution in [0.3, 0.4) is 0 Å². The Morgan fingerprint density at radius 1 is 0.413 bits per heavy atom. The van der Waals surface area contributed by atoms with Crippen molar-refractivity contribution in [2.24, 2.45) is 0 Å². The maximum atomic E-state index is 13.9. The van der Waals surface area contributed by atoms with Crippen molar-refractivity contribution in [2.75, 3.05) is 27.4 Å². The average molecular weight is 1410 g/mol. The average Bonchev–Trinajstić information content (AvgIpc) is 1.48. The Bertz CT molecular complexity index is 5370. The van der Waals surface area contributed by atoms with Crippen LogP contribution in [0.25, 0.3) is 103 Å². The van der Waals surface area contributed by atoms with Gasteiger partial charge >= 0.3 is 0 Å². The largest absolute Gasteiger partial charge is 0.338 e. The molecule has 0 amide bonds. The van der Waals surface area contributed by atoms with E-state index in [1.165, 1.54) is 33.3 Å². The number of hydrogen-bond acceptors (Lipinski definition) is 11. The Balaban J connectivity index is 0.000000152. The van der Waals surface area contributed by atoms with Crippen LogP contribution in [0.2, 0.25) is 10.0 Å².